The van der Waals surface area contributed by atoms with E-state index < -0.39 is 0 Å². The van der Waals surface area contributed by atoms with Crippen molar-refractivity contribution < 1.29 is 9.53 Å². The largest absolute Gasteiger partial charge is 0.484 e. The predicted molar refractivity (Wildman–Crippen MR) is 115 cm³/mol. The molecule has 1 aliphatic carbocycles. The molecule has 0 unspecified atom stereocenters. The normalized spacial score (nSPS) is 14.9. The minimum Gasteiger partial charge on any atom is -0.484 e. The second-order valence-electron chi connectivity index (χ2n) is 8.83. The fourth-order valence-corrected chi connectivity index (χ4v) is 3.83. The first-order valence-electron chi connectivity index (χ1n) is 10.5. The summed E-state index contributed by atoms with van der Waals surface area (Å²) in [6.07, 6.45) is 5.75. The Morgan fingerprint density at radius 3 is 2.36 bits per heavy atom. The lowest BCUT2D eigenvalue weighted by Gasteiger charge is -2.22. The fraction of sp³-hybridized carbons (Fsp3) is 0.480. The molecular formula is C25H33NO2. The molecule has 0 saturated carbocycles. The van der Waals surface area contributed by atoms with Crippen LogP contribution in [0.15, 0.2) is 42.5 Å². The molecule has 3 heteroatoms. The van der Waals surface area contributed by atoms with Crippen LogP contribution in [-0.2, 0) is 23.1 Å². The number of rotatable bonds is 6. The number of carbonyl (C=O) groups is 1. The molecule has 0 aliphatic heterocycles. The molecule has 0 aromatic heterocycles. The van der Waals surface area contributed by atoms with E-state index in [0.29, 0.717) is 0 Å². The van der Waals surface area contributed by atoms with Crippen LogP contribution in [-0.4, -0.2) is 12.5 Å². The van der Waals surface area contributed by atoms with Gasteiger partial charge in [-0.1, -0.05) is 58.0 Å². The van der Waals surface area contributed by atoms with E-state index in [1.165, 1.54) is 41.5 Å². The number of hydrogen-bond acceptors (Lipinski definition) is 2. The third-order valence-corrected chi connectivity index (χ3v) is 5.61. The topological polar surface area (TPSA) is 38.3 Å². The van der Waals surface area contributed by atoms with Gasteiger partial charge >= 0.3 is 0 Å². The van der Waals surface area contributed by atoms with Crippen LogP contribution in [0.4, 0.5) is 0 Å². The van der Waals surface area contributed by atoms with Crippen molar-refractivity contribution in [3.8, 4) is 5.75 Å². The summed E-state index contributed by atoms with van der Waals surface area (Å²) in [5.41, 5.74) is 5.48. The molecule has 3 nitrogen and oxygen atoms in total. The van der Waals surface area contributed by atoms with Gasteiger partial charge in [0.2, 0.25) is 0 Å². The van der Waals surface area contributed by atoms with Crippen LogP contribution < -0.4 is 10.1 Å². The van der Waals surface area contributed by atoms with Gasteiger partial charge in [-0.15, -0.1) is 0 Å². The number of amides is 1. The SMILES string of the molecule is CC[C@H](NC(=O)COc1ccc(C(C)(C)C)cc1)c1ccc2c(c1)CCCC2. The van der Waals surface area contributed by atoms with Crippen molar-refractivity contribution in [2.45, 2.75) is 71.3 Å². The Kier molecular flexibility index (Phi) is 6.43. The standard InChI is InChI=1S/C25H33NO2/c1-5-23(20-11-10-18-8-6-7-9-19(18)16-20)26-24(27)17-28-22-14-12-21(13-15-22)25(2,3)4/h10-16,23H,5-9,17H2,1-4H3,(H,26,27)/t23-/m0/s1. The van der Waals surface area contributed by atoms with Crippen LogP contribution in [0.25, 0.3) is 0 Å². The van der Waals surface area contributed by atoms with Crippen LogP contribution in [0.3, 0.4) is 0 Å². The summed E-state index contributed by atoms with van der Waals surface area (Å²) in [6, 6.07) is 14.7. The predicted octanol–water partition coefficient (Wildman–Crippen LogP) is 5.51. The van der Waals surface area contributed by atoms with E-state index in [-0.39, 0.29) is 24.0 Å². The van der Waals surface area contributed by atoms with Gasteiger partial charge in [-0.25, -0.2) is 0 Å². The highest BCUT2D eigenvalue weighted by atomic mass is 16.5. The molecule has 0 radical (unpaired) electrons. The molecule has 1 aliphatic rings. The van der Waals surface area contributed by atoms with Crippen LogP contribution in [0.5, 0.6) is 5.75 Å². The minimum atomic E-state index is -0.0792. The molecule has 2 aromatic rings. The van der Waals surface area contributed by atoms with E-state index in [4.69, 9.17) is 4.74 Å². The highest BCUT2D eigenvalue weighted by Gasteiger charge is 2.17. The van der Waals surface area contributed by atoms with Crippen LogP contribution in [0.2, 0.25) is 0 Å². The van der Waals surface area contributed by atoms with Gasteiger partial charge in [-0.2, -0.15) is 0 Å². The molecule has 0 heterocycles. The van der Waals surface area contributed by atoms with Crippen molar-refractivity contribution in [2.75, 3.05) is 6.61 Å². The van der Waals surface area contributed by atoms with Crippen molar-refractivity contribution in [3.63, 3.8) is 0 Å². The van der Waals surface area contributed by atoms with E-state index >= 15 is 0 Å². The van der Waals surface area contributed by atoms with Gasteiger partial charge in [0.1, 0.15) is 5.75 Å². The molecule has 0 bridgehead atoms. The van der Waals surface area contributed by atoms with Crippen molar-refractivity contribution >= 4 is 5.91 Å². The number of fused-ring (bicyclic) bond motifs is 1. The third-order valence-electron chi connectivity index (χ3n) is 5.61. The quantitative estimate of drug-likeness (QED) is 0.719. The maximum Gasteiger partial charge on any atom is 0.258 e. The zero-order chi connectivity index (χ0) is 20.1. The fourth-order valence-electron chi connectivity index (χ4n) is 3.83. The Balaban J connectivity index is 1.57. The second kappa shape index (κ2) is 8.81. The average Bonchev–Trinajstić information content (AvgIpc) is 2.69. The summed E-state index contributed by atoms with van der Waals surface area (Å²) < 4.78 is 5.70. The van der Waals surface area contributed by atoms with Gasteiger partial charge in [-0.3, -0.25) is 4.79 Å². The maximum atomic E-state index is 12.4. The van der Waals surface area contributed by atoms with Crippen LogP contribution in [0.1, 0.15) is 75.3 Å². The van der Waals surface area contributed by atoms with Gasteiger partial charge in [0.25, 0.3) is 5.91 Å². The first-order valence-corrected chi connectivity index (χ1v) is 10.5. The molecule has 1 N–H and O–H groups in total. The molecular weight excluding hydrogens is 346 g/mol. The third kappa shape index (κ3) is 5.15. The Labute approximate surface area is 169 Å². The first-order chi connectivity index (χ1) is 13.4. The Morgan fingerprint density at radius 1 is 1.04 bits per heavy atom. The molecule has 2 aromatic carbocycles. The summed E-state index contributed by atoms with van der Waals surface area (Å²) in [7, 11) is 0. The van der Waals surface area contributed by atoms with Crippen molar-refractivity contribution in [3.05, 3.63) is 64.7 Å². The summed E-state index contributed by atoms with van der Waals surface area (Å²) >= 11 is 0. The Hall–Kier alpha value is -2.29. The number of aryl methyl sites for hydroxylation is 2. The van der Waals surface area contributed by atoms with Crippen molar-refractivity contribution in [1.29, 1.82) is 0 Å². The number of hydrogen-bond donors (Lipinski definition) is 1. The Bertz CT molecular complexity index is 802. The van der Waals surface area contributed by atoms with Gasteiger partial charge in [0.05, 0.1) is 6.04 Å². The average molecular weight is 380 g/mol. The number of ether oxygens (including phenoxy) is 1. The highest BCUT2D eigenvalue weighted by molar-refractivity contribution is 5.78. The lowest BCUT2D eigenvalue weighted by atomic mass is 9.87. The first kappa shape index (κ1) is 20.4. The van der Waals surface area contributed by atoms with Gasteiger partial charge in [0, 0.05) is 0 Å². The molecule has 0 saturated heterocycles. The van der Waals surface area contributed by atoms with E-state index in [9.17, 15) is 4.79 Å². The van der Waals surface area contributed by atoms with Crippen molar-refractivity contribution in [2.24, 2.45) is 0 Å². The zero-order valence-electron chi connectivity index (χ0n) is 17.7. The number of nitrogens with one attached hydrogen (secondary N) is 1. The molecule has 1 amide bonds. The summed E-state index contributed by atoms with van der Waals surface area (Å²) in [5.74, 6) is 0.648. The molecule has 0 spiro atoms. The molecule has 0 fully saturated rings. The summed E-state index contributed by atoms with van der Waals surface area (Å²) in [4.78, 5) is 12.4. The lowest BCUT2D eigenvalue weighted by Crippen LogP contribution is -2.32. The van der Waals surface area contributed by atoms with Crippen molar-refractivity contribution in [1.82, 2.24) is 5.32 Å². The molecule has 1 atom stereocenters. The number of benzene rings is 2. The van der Waals surface area contributed by atoms with Gasteiger partial charge < -0.3 is 10.1 Å². The van der Waals surface area contributed by atoms with Gasteiger partial charge in [-0.05, 0) is 71.9 Å². The van der Waals surface area contributed by atoms with Crippen LogP contribution >= 0.6 is 0 Å². The lowest BCUT2D eigenvalue weighted by molar-refractivity contribution is -0.123. The molecule has 3 rings (SSSR count). The van der Waals surface area contributed by atoms with Crippen LogP contribution in [0, 0.1) is 0 Å². The van der Waals surface area contributed by atoms with E-state index in [2.05, 4.69) is 63.3 Å². The van der Waals surface area contributed by atoms with Gasteiger partial charge in [0.15, 0.2) is 6.61 Å². The molecule has 150 valence electrons. The van der Waals surface area contributed by atoms with E-state index in [1.807, 2.05) is 12.1 Å². The minimum absolute atomic E-state index is 0.0339. The second-order valence-corrected chi connectivity index (χ2v) is 8.83. The summed E-state index contributed by atoms with van der Waals surface area (Å²) in [6.45, 7) is 8.69. The monoisotopic (exact) mass is 379 g/mol. The molecule has 28 heavy (non-hydrogen) atoms. The smallest absolute Gasteiger partial charge is 0.258 e. The van der Waals surface area contributed by atoms with E-state index in [0.717, 1.165) is 18.6 Å². The highest BCUT2D eigenvalue weighted by Crippen LogP contribution is 2.26. The van der Waals surface area contributed by atoms with E-state index in [1.54, 1.807) is 0 Å². The summed E-state index contributed by atoms with van der Waals surface area (Å²) in [5, 5.41) is 3.13. The Morgan fingerprint density at radius 2 is 1.71 bits per heavy atom. The maximum absolute atomic E-state index is 12.4. The zero-order valence-corrected chi connectivity index (χ0v) is 17.7. The number of carbonyl (C=O) groups excluding carboxylic acids is 1.